The Bertz CT molecular complexity index is 336. The van der Waals surface area contributed by atoms with E-state index in [2.05, 4.69) is 0 Å². The van der Waals surface area contributed by atoms with Crippen LogP contribution in [0, 0.1) is 0 Å². The van der Waals surface area contributed by atoms with E-state index in [0.29, 0.717) is 5.69 Å². The van der Waals surface area contributed by atoms with Gasteiger partial charge in [0.15, 0.2) is 0 Å². The summed E-state index contributed by atoms with van der Waals surface area (Å²) in [6.45, 7) is 0. The molecule has 0 saturated carbocycles. The number of rotatable bonds is 0. The van der Waals surface area contributed by atoms with E-state index >= 15 is 0 Å². The first-order valence-electron chi connectivity index (χ1n) is 4.55. The van der Waals surface area contributed by atoms with Crippen LogP contribution in [0.5, 0.6) is 5.75 Å². The smallest absolute Gasteiger partial charge is 0.138 e. The predicted octanol–water partition coefficient (Wildman–Crippen LogP) is 1.31. The summed E-state index contributed by atoms with van der Waals surface area (Å²) in [6, 6.07) is 3.60. The SMILES string of the molecule is Nc1cc2c(cc1O)C(N)CCC2. The van der Waals surface area contributed by atoms with Gasteiger partial charge in [-0.25, -0.2) is 0 Å². The number of phenols is 1. The van der Waals surface area contributed by atoms with Crippen molar-refractivity contribution in [3.05, 3.63) is 23.3 Å². The van der Waals surface area contributed by atoms with Crippen LogP contribution in [0.4, 0.5) is 5.69 Å². The molecule has 3 nitrogen and oxygen atoms in total. The largest absolute Gasteiger partial charge is 0.506 e. The number of nitrogen functional groups attached to an aromatic ring is 1. The Morgan fingerprint density at radius 1 is 1.38 bits per heavy atom. The lowest BCUT2D eigenvalue weighted by Gasteiger charge is -2.22. The van der Waals surface area contributed by atoms with Crippen molar-refractivity contribution >= 4 is 5.69 Å². The van der Waals surface area contributed by atoms with Gasteiger partial charge in [0.2, 0.25) is 0 Å². The lowest BCUT2D eigenvalue weighted by Crippen LogP contribution is -2.17. The average Bonchev–Trinajstić information content (AvgIpc) is 2.09. The third-order valence-electron chi connectivity index (χ3n) is 2.65. The molecule has 0 bridgehead atoms. The summed E-state index contributed by atoms with van der Waals surface area (Å²) in [5, 5.41) is 9.41. The summed E-state index contributed by atoms with van der Waals surface area (Å²) < 4.78 is 0. The second kappa shape index (κ2) is 2.92. The van der Waals surface area contributed by atoms with Gasteiger partial charge in [-0.05, 0) is 42.5 Å². The van der Waals surface area contributed by atoms with Crippen molar-refractivity contribution in [2.45, 2.75) is 25.3 Å². The van der Waals surface area contributed by atoms with Gasteiger partial charge in [-0.2, -0.15) is 0 Å². The molecule has 2 rings (SSSR count). The van der Waals surface area contributed by atoms with Crippen molar-refractivity contribution < 1.29 is 5.11 Å². The molecule has 1 aromatic carbocycles. The quantitative estimate of drug-likeness (QED) is 0.414. The molecule has 1 aliphatic rings. The first-order valence-corrected chi connectivity index (χ1v) is 4.55. The number of phenolic OH excluding ortho intramolecular Hbond substituents is 1. The molecule has 0 radical (unpaired) electrons. The maximum atomic E-state index is 9.41. The zero-order chi connectivity index (χ0) is 9.42. The van der Waals surface area contributed by atoms with Crippen molar-refractivity contribution in [2.24, 2.45) is 5.73 Å². The van der Waals surface area contributed by atoms with Gasteiger partial charge in [-0.15, -0.1) is 0 Å². The molecule has 1 atom stereocenters. The molecule has 1 unspecified atom stereocenters. The summed E-state index contributed by atoms with van der Waals surface area (Å²) in [5.74, 6) is 0.149. The van der Waals surface area contributed by atoms with Gasteiger partial charge in [-0.1, -0.05) is 0 Å². The highest BCUT2D eigenvalue weighted by Crippen LogP contribution is 2.33. The second-order valence-electron chi connectivity index (χ2n) is 3.61. The maximum absolute atomic E-state index is 9.41. The summed E-state index contributed by atoms with van der Waals surface area (Å²) in [4.78, 5) is 0. The lowest BCUT2D eigenvalue weighted by atomic mass is 9.88. The van der Waals surface area contributed by atoms with Crippen molar-refractivity contribution in [1.29, 1.82) is 0 Å². The highest BCUT2D eigenvalue weighted by molar-refractivity contribution is 5.57. The average molecular weight is 178 g/mol. The molecule has 1 aliphatic carbocycles. The number of aryl methyl sites for hydroxylation is 1. The molecule has 70 valence electrons. The van der Waals surface area contributed by atoms with E-state index in [0.717, 1.165) is 24.8 Å². The third-order valence-corrected chi connectivity index (χ3v) is 2.65. The minimum absolute atomic E-state index is 0.0650. The minimum Gasteiger partial charge on any atom is -0.506 e. The highest BCUT2D eigenvalue weighted by Gasteiger charge is 2.18. The molecule has 3 heteroatoms. The van der Waals surface area contributed by atoms with Crippen molar-refractivity contribution in [3.8, 4) is 5.75 Å². The van der Waals surface area contributed by atoms with Gasteiger partial charge < -0.3 is 16.6 Å². The molecule has 13 heavy (non-hydrogen) atoms. The Labute approximate surface area is 77.4 Å². The van der Waals surface area contributed by atoms with E-state index in [1.54, 1.807) is 6.07 Å². The van der Waals surface area contributed by atoms with Gasteiger partial charge in [0, 0.05) is 6.04 Å². The number of hydrogen-bond acceptors (Lipinski definition) is 3. The van der Waals surface area contributed by atoms with Crippen molar-refractivity contribution in [1.82, 2.24) is 0 Å². The van der Waals surface area contributed by atoms with Crippen LogP contribution >= 0.6 is 0 Å². The molecule has 1 aromatic rings. The van der Waals surface area contributed by atoms with E-state index in [4.69, 9.17) is 11.5 Å². The Hall–Kier alpha value is -1.22. The van der Waals surface area contributed by atoms with E-state index < -0.39 is 0 Å². The molecular weight excluding hydrogens is 164 g/mol. The van der Waals surface area contributed by atoms with Gasteiger partial charge >= 0.3 is 0 Å². The predicted molar refractivity (Wildman–Crippen MR) is 52.4 cm³/mol. The lowest BCUT2D eigenvalue weighted by molar-refractivity contribution is 0.473. The zero-order valence-corrected chi connectivity index (χ0v) is 7.46. The normalized spacial score (nSPS) is 21.2. The summed E-state index contributed by atoms with van der Waals surface area (Å²) >= 11 is 0. The van der Waals surface area contributed by atoms with E-state index in [-0.39, 0.29) is 11.8 Å². The highest BCUT2D eigenvalue weighted by atomic mass is 16.3. The maximum Gasteiger partial charge on any atom is 0.138 e. The fourth-order valence-electron chi connectivity index (χ4n) is 1.90. The fourth-order valence-corrected chi connectivity index (χ4v) is 1.90. The van der Waals surface area contributed by atoms with Gasteiger partial charge in [0.05, 0.1) is 5.69 Å². The molecule has 0 amide bonds. The fraction of sp³-hybridized carbons (Fsp3) is 0.400. The Kier molecular flexibility index (Phi) is 1.88. The van der Waals surface area contributed by atoms with Gasteiger partial charge in [0.25, 0.3) is 0 Å². The molecular formula is C10H14N2O. The Balaban J connectivity index is 2.52. The van der Waals surface area contributed by atoms with Gasteiger partial charge in [0.1, 0.15) is 5.75 Å². The van der Waals surface area contributed by atoms with Crippen LogP contribution in [0.25, 0.3) is 0 Å². The topological polar surface area (TPSA) is 72.3 Å². The standard InChI is InChI=1S/C10H14N2O/c11-8-3-1-2-6-4-9(12)10(13)5-7(6)8/h4-5,8,13H,1-3,11-12H2. The molecule has 0 saturated heterocycles. The Morgan fingerprint density at radius 3 is 2.92 bits per heavy atom. The first kappa shape index (κ1) is 8.38. The van der Waals surface area contributed by atoms with Crippen LogP contribution in [0.3, 0.4) is 0 Å². The third kappa shape index (κ3) is 1.35. The van der Waals surface area contributed by atoms with E-state index in [1.807, 2.05) is 6.07 Å². The molecule has 0 aromatic heterocycles. The number of benzene rings is 1. The number of aromatic hydroxyl groups is 1. The minimum atomic E-state index is 0.0650. The number of fused-ring (bicyclic) bond motifs is 1. The van der Waals surface area contributed by atoms with Crippen LogP contribution < -0.4 is 11.5 Å². The van der Waals surface area contributed by atoms with Crippen LogP contribution in [-0.4, -0.2) is 5.11 Å². The van der Waals surface area contributed by atoms with Crippen molar-refractivity contribution in [2.75, 3.05) is 5.73 Å². The molecule has 0 fully saturated rings. The van der Waals surface area contributed by atoms with Gasteiger partial charge in [-0.3, -0.25) is 0 Å². The number of nitrogens with two attached hydrogens (primary N) is 2. The van der Waals surface area contributed by atoms with Crippen LogP contribution in [-0.2, 0) is 6.42 Å². The summed E-state index contributed by atoms with van der Waals surface area (Å²) in [5.41, 5.74) is 14.2. The Morgan fingerprint density at radius 2 is 2.15 bits per heavy atom. The summed E-state index contributed by atoms with van der Waals surface area (Å²) in [7, 11) is 0. The van der Waals surface area contributed by atoms with E-state index in [1.165, 1.54) is 5.56 Å². The monoisotopic (exact) mass is 178 g/mol. The number of anilines is 1. The number of hydrogen-bond donors (Lipinski definition) is 3. The molecule has 0 spiro atoms. The summed E-state index contributed by atoms with van der Waals surface area (Å²) in [6.07, 6.45) is 3.13. The van der Waals surface area contributed by atoms with Crippen LogP contribution in [0.15, 0.2) is 12.1 Å². The van der Waals surface area contributed by atoms with Crippen molar-refractivity contribution in [3.63, 3.8) is 0 Å². The first-order chi connectivity index (χ1) is 6.18. The van der Waals surface area contributed by atoms with Crippen LogP contribution in [0.1, 0.15) is 30.0 Å². The molecule has 0 aliphatic heterocycles. The zero-order valence-electron chi connectivity index (χ0n) is 7.46. The second-order valence-corrected chi connectivity index (χ2v) is 3.61. The van der Waals surface area contributed by atoms with E-state index in [9.17, 15) is 5.11 Å². The molecule has 5 N–H and O–H groups in total. The molecule has 0 heterocycles. The van der Waals surface area contributed by atoms with Crippen LogP contribution in [0.2, 0.25) is 0 Å².